The number of aryl methyl sites for hydroxylation is 1. The fourth-order valence-corrected chi connectivity index (χ4v) is 3.73. The quantitative estimate of drug-likeness (QED) is 0.869. The number of carbonyl (C=O) groups excluding carboxylic acids is 2. The molecule has 3 rings (SSSR count). The normalized spacial score (nSPS) is 13.8. The summed E-state index contributed by atoms with van der Waals surface area (Å²) in [6, 6.07) is 6.15. The Morgan fingerprint density at radius 1 is 1.19 bits per heavy atom. The predicted molar refractivity (Wildman–Crippen MR) is 107 cm³/mol. The average Bonchev–Trinajstić information content (AvgIpc) is 3.08. The lowest BCUT2D eigenvalue weighted by Gasteiger charge is -2.31. The maximum atomic E-state index is 12.5. The lowest BCUT2D eigenvalue weighted by atomic mass is 9.97. The molecule has 6 heteroatoms. The first kappa shape index (κ1) is 18.6. The molecule has 2 aromatic rings. The Labute approximate surface area is 158 Å². The smallest absolute Gasteiger partial charge is 0.229 e. The Bertz CT molecular complexity index is 826. The molecule has 26 heavy (non-hydrogen) atoms. The molecular weight excluding hydrogens is 346 g/mol. The maximum Gasteiger partial charge on any atom is 0.229 e. The highest BCUT2D eigenvalue weighted by Gasteiger charge is 2.24. The number of benzene rings is 1. The molecule has 0 unspecified atom stereocenters. The summed E-state index contributed by atoms with van der Waals surface area (Å²) in [4.78, 5) is 30.7. The molecule has 1 aromatic heterocycles. The van der Waals surface area contributed by atoms with Crippen LogP contribution in [-0.2, 0) is 16.0 Å². The van der Waals surface area contributed by atoms with Crippen molar-refractivity contribution in [1.29, 1.82) is 0 Å². The fourth-order valence-electron chi connectivity index (χ4n) is 3.01. The highest BCUT2D eigenvalue weighted by atomic mass is 32.1. The Hall–Kier alpha value is -2.21. The van der Waals surface area contributed by atoms with Crippen LogP contribution >= 0.6 is 11.3 Å². The van der Waals surface area contributed by atoms with E-state index in [9.17, 15) is 9.59 Å². The summed E-state index contributed by atoms with van der Waals surface area (Å²) >= 11 is 1.43. The zero-order valence-electron chi connectivity index (χ0n) is 15.7. The van der Waals surface area contributed by atoms with Crippen LogP contribution in [0.2, 0.25) is 0 Å². The molecule has 1 N–H and O–H groups in total. The lowest BCUT2D eigenvalue weighted by Crippen LogP contribution is -2.38. The van der Waals surface area contributed by atoms with Gasteiger partial charge in [0.1, 0.15) is 0 Å². The molecule has 0 atom stereocenters. The van der Waals surface area contributed by atoms with Crippen molar-refractivity contribution in [1.82, 2.24) is 4.98 Å². The summed E-state index contributed by atoms with van der Waals surface area (Å²) in [6.07, 6.45) is 1.94. The van der Waals surface area contributed by atoms with Crippen LogP contribution in [-0.4, -0.2) is 23.3 Å². The molecule has 1 aliphatic rings. The number of fused-ring (bicyclic) bond motifs is 1. The van der Waals surface area contributed by atoms with Crippen molar-refractivity contribution >= 4 is 34.0 Å². The molecule has 1 aromatic carbocycles. The van der Waals surface area contributed by atoms with Gasteiger partial charge < -0.3 is 10.2 Å². The third-order valence-corrected chi connectivity index (χ3v) is 5.27. The van der Waals surface area contributed by atoms with Crippen LogP contribution in [0.25, 0.3) is 11.3 Å². The molecule has 1 aliphatic heterocycles. The van der Waals surface area contributed by atoms with Crippen molar-refractivity contribution in [2.24, 2.45) is 11.8 Å². The lowest BCUT2D eigenvalue weighted by molar-refractivity contribution is -0.121. The minimum absolute atomic E-state index is 0.00806. The van der Waals surface area contributed by atoms with Gasteiger partial charge in [0, 0.05) is 35.0 Å². The number of amides is 2. The van der Waals surface area contributed by atoms with Crippen LogP contribution in [0.4, 0.5) is 10.8 Å². The van der Waals surface area contributed by atoms with Crippen LogP contribution in [0.15, 0.2) is 23.6 Å². The van der Waals surface area contributed by atoms with E-state index in [0.29, 0.717) is 5.13 Å². The summed E-state index contributed by atoms with van der Waals surface area (Å²) in [5, 5.41) is 5.42. The minimum Gasteiger partial charge on any atom is -0.312 e. The van der Waals surface area contributed by atoms with E-state index in [1.54, 1.807) is 0 Å². The Kier molecular flexibility index (Phi) is 5.41. The highest BCUT2D eigenvalue weighted by molar-refractivity contribution is 7.14. The molecule has 2 heterocycles. The number of aromatic nitrogens is 1. The molecule has 0 bridgehead atoms. The van der Waals surface area contributed by atoms with E-state index in [2.05, 4.69) is 16.4 Å². The maximum absolute atomic E-state index is 12.5. The SMILES string of the molecule is CC(C)C(=O)Nc1nc(-c2ccc3c(c2)CCCN3C(=O)C(C)C)cs1. The van der Waals surface area contributed by atoms with E-state index in [4.69, 9.17) is 0 Å². The van der Waals surface area contributed by atoms with Gasteiger partial charge in [-0.15, -0.1) is 11.3 Å². The van der Waals surface area contributed by atoms with E-state index >= 15 is 0 Å². The number of hydrogen-bond donors (Lipinski definition) is 1. The van der Waals surface area contributed by atoms with Gasteiger partial charge in [-0.2, -0.15) is 0 Å². The summed E-state index contributed by atoms with van der Waals surface area (Å²) < 4.78 is 0. The monoisotopic (exact) mass is 371 g/mol. The molecule has 0 saturated carbocycles. The zero-order valence-corrected chi connectivity index (χ0v) is 16.5. The molecule has 0 fully saturated rings. The van der Waals surface area contributed by atoms with Crippen molar-refractivity contribution in [2.45, 2.75) is 40.5 Å². The largest absolute Gasteiger partial charge is 0.312 e. The van der Waals surface area contributed by atoms with Crippen LogP contribution in [0.3, 0.4) is 0 Å². The van der Waals surface area contributed by atoms with Gasteiger partial charge in [0.15, 0.2) is 5.13 Å². The number of carbonyl (C=O) groups is 2. The van der Waals surface area contributed by atoms with Gasteiger partial charge in [-0.1, -0.05) is 33.8 Å². The van der Waals surface area contributed by atoms with Gasteiger partial charge in [-0.25, -0.2) is 4.98 Å². The molecular formula is C20H25N3O2S. The van der Waals surface area contributed by atoms with Gasteiger partial charge >= 0.3 is 0 Å². The summed E-state index contributed by atoms with van der Waals surface area (Å²) in [7, 11) is 0. The molecule has 5 nitrogen and oxygen atoms in total. The number of nitrogens with zero attached hydrogens (tertiary/aromatic N) is 2. The van der Waals surface area contributed by atoms with Gasteiger partial charge in [-0.3, -0.25) is 9.59 Å². The van der Waals surface area contributed by atoms with Gasteiger partial charge in [0.2, 0.25) is 11.8 Å². The van der Waals surface area contributed by atoms with E-state index < -0.39 is 0 Å². The Balaban J connectivity index is 1.84. The van der Waals surface area contributed by atoms with E-state index in [1.165, 1.54) is 16.9 Å². The predicted octanol–water partition coefficient (Wildman–Crippen LogP) is 4.34. The van der Waals surface area contributed by atoms with Crippen LogP contribution < -0.4 is 10.2 Å². The third-order valence-electron chi connectivity index (χ3n) is 4.51. The third kappa shape index (κ3) is 3.80. The van der Waals surface area contributed by atoms with Crippen LogP contribution in [0.5, 0.6) is 0 Å². The topological polar surface area (TPSA) is 62.3 Å². The van der Waals surface area contributed by atoms with Gasteiger partial charge in [-0.05, 0) is 30.5 Å². The van der Waals surface area contributed by atoms with Crippen molar-refractivity contribution < 1.29 is 9.59 Å². The van der Waals surface area contributed by atoms with Crippen LogP contribution in [0.1, 0.15) is 39.7 Å². The van der Waals surface area contributed by atoms with Crippen molar-refractivity contribution in [3.63, 3.8) is 0 Å². The second-order valence-electron chi connectivity index (χ2n) is 7.27. The summed E-state index contributed by atoms with van der Waals surface area (Å²) in [5.41, 5.74) is 4.07. The van der Waals surface area contributed by atoms with E-state index in [0.717, 1.165) is 36.3 Å². The molecule has 0 saturated heterocycles. The van der Waals surface area contributed by atoms with Gasteiger partial charge in [0.25, 0.3) is 0 Å². The first-order chi connectivity index (χ1) is 12.4. The second kappa shape index (κ2) is 7.58. The molecule has 0 aliphatic carbocycles. The Morgan fingerprint density at radius 3 is 2.65 bits per heavy atom. The zero-order chi connectivity index (χ0) is 18.8. The number of thiazole rings is 1. The summed E-state index contributed by atoms with van der Waals surface area (Å²) in [6.45, 7) is 8.38. The Morgan fingerprint density at radius 2 is 1.96 bits per heavy atom. The molecule has 2 amide bonds. The van der Waals surface area contributed by atoms with Crippen molar-refractivity contribution in [3.05, 3.63) is 29.1 Å². The van der Waals surface area contributed by atoms with E-state index in [1.807, 2.05) is 50.1 Å². The second-order valence-corrected chi connectivity index (χ2v) is 8.13. The van der Waals surface area contributed by atoms with Gasteiger partial charge in [0.05, 0.1) is 5.69 Å². The standard InChI is InChI=1S/C20H25N3O2S/c1-12(2)18(24)22-20-21-16(11-26-20)14-7-8-17-15(10-14)6-5-9-23(17)19(25)13(3)4/h7-8,10-13H,5-6,9H2,1-4H3,(H,21,22,24). The van der Waals surface area contributed by atoms with Crippen LogP contribution in [0, 0.1) is 11.8 Å². The number of nitrogens with one attached hydrogen (secondary N) is 1. The van der Waals surface area contributed by atoms with Crippen molar-refractivity contribution in [3.8, 4) is 11.3 Å². The molecule has 0 spiro atoms. The average molecular weight is 372 g/mol. The minimum atomic E-state index is -0.0735. The number of rotatable bonds is 4. The number of hydrogen-bond acceptors (Lipinski definition) is 4. The fraction of sp³-hybridized carbons (Fsp3) is 0.450. The first-order valence-corrected chi connectivity index (χ1v) is 9.96. The summed E-state index contributed by atoms with van der Waals surface area (Å²) in [5.74, 6) is 0.0621. The number of anilines is 2. The first-order valence-electron chi connectivity index (χ1n) is 9.08. The molecule has 0 radical (unpaired) electrons. The van der Waals surface area contributed by atoms with Crippen molar-refractivity contribution in [2.75, 3.05) is 16.8 Å². The highest BCUT2D eigenvalue weighted by Crippen LogP contribution is 2.33. The van der Waals surface area contributed by atoms with E-state index in [-0.39, 0.29) is 23.7 Å². The molecule has 138 valence electrons.